The molecule has 0 saturated heterocycles. The first-order valence-corrected chi connectivity index (χ1v) is 4.54. The normalized spacial score (nSPS) is 15.8. The van der Waals surface area contributed by atoms with Crippen LogP contribution in [0.1, 0.15) is 19.8 Å². The van der Waals surface area contributed by atoms with Gasteiger partial charge in [0.25, 0.3) is 0 Å². The summed E-state index contributed by atoms with van der Waals surface area (Å²) < 4.78 is 134. The van der Waals surface area contributed by atoms with Gasteiger partial charge in [-0.3, -0.25) is 0 Å². The lowest BCUT2D eigenvalue weighted by atomic mass is 9.98. The Morgan fingerprint density at radius 1 is 0.579 bits per heavy atom. The second-order valence-corrected chi connectivity index (χ2v) is 3.92. The van der Waals surface area contributed by atoms with Crippen molar-refractivity contribution in [3.63, 3.8) is 0 Å². The Labute approximate surface area is 99.1 Å². The standard InChI is InChI=1S/C8H7F11/c1-4(9,10)2-3-5(11,12)6(13,14)7(15,16)8(17,18)19/h2-3H2,1H3. The zero-order chi connectivity index (χ0) is 15.9. The Bertz CT molecular complexity index is 308. The molecule has 0 amide bonds. The summed E-state index contributed by atoms with van der Waals surface area (Å²) in [6, 6.07) is 0. The molecule has 0 bridgehead atoms. The van der Waals surface area contributed by atoms with Crippen LogP contribution < -0.4 is 0 Å². The number of rotatable bonds is 5. The summed E-state index contributed by atoms with van der Waals surface area (Å²) in [4.78, 5) is 0. The highest BCUT2D eigenvalue weighted by molar-refractivity contribution is 5.00. The molecule has 0 radical (unpaired) electrons. The molecule has 0 rings (SSSR count). The number of hydrogen-bond donors (Lipinski definition) is 0. The summed E-state index contributed by atoms with van der Waals surface area (Å²) >= 11 is 0. The molecule has 0 unspecified atom stereocenters. The predicted molar refractivity (Wildman–Crippen MR) is 40.8 cm³/mol. The van der Waals surface area contributed by atoms with Gasteiger partial charge in [-0.1, -0.05) is 0 Å². The van der Waals surface area contributed by atoms with E-state index < -0.39 is 42.7 Å². The molecule has 11 heteroatoms. The maximum absolute atomic E-state index is 12.7. The maximum atomic E-state index is 12.7. The van der Waals surface area contributed by atoms with E-state index in [1.807, 2.05) is 0 Å². The van der Waals surface area contributed by atoms with E-state index in [0.717, 1.165) is 0 Å². The first-order valence-electron chi connectivity index (χ1n) is 4.54. The molecule has 0 saturated carbocycles. The maximum Gasteiger partial charge on any atom is 0.460 e. The molecule has 0 N–H and O–H groups in total. The molecule has 0 aliphatic heterocycles. The first-order chi connectivity index (χ1) is 7.96. The van der Waals surface area contributed by atoms with Crippen molar-refractivity contribution in [3.05, 3.63) is 0 Å². The van der Waals surface area contributed by atoms with Crippen LogP contribution in [0.3, 0.4) is 0 Å². The Hall–Kier alpha value is -0.770. The minimum absolute atomic E-state index is 0.0309. The average Bonchev–Trinajstić information content (AvgIpc) is 2.11. The smallest absolute Gasteiger partial charge is 0.207 e. The van der Waals surface area contributed by atoms with Gasteiger partial charge in [-0.15, -0.1) is 0 Å². The van der Waals surface area contributed by atoms with Gasteiger partial charge < -0.3 is 0 Å². The van der Waals surface area contributed by atoms with Crippen molar-refractivity contribution < 1.29 is 48.3 Å². The molecule has 0 heterocycles. The summed E-state index contributed by atoms with van der Waals surface area (Å²) in [6.07, 6.45) is -11.4. The molecule has 19 heavy (non-hydrogen) atoms. The summed E-state index contributed by atoms with van der Waals surface area (Å²) in [5.41, 5.74) is 0. The van der Waals surface area contributed by atoms with Gasteiger partial charge in [0.15, 0.2) is 0 Å². The van der Waals surface area contributed by atoms with Gasteiger partial charge in [-0.25, -0.2) is 8.78 Å². The van der Waals surface area contributed by atoms with E-state index in [0.29, 0.717) is 0 Å². The minimum atomic E-state index is -7.04. The highest BCUT2D eigenvalue weighted by Gasteiger charge is 2.81. The molecule has 0 fully saturated rings. The Morgan fingerprint density at radius 2 is 0.947 bits per heavy atom. The van der Waals surface area contributed by atoms with Crippen LogP contribution >= 0.6 is 0 Å². The molecular formula is C8H7F11. The van der Waals surface area contributed by atoms with Gasteiger partial charge in [0.05, 0.1) is 0 Å². The Morgan fingerprint density at radius 3 is 1.21 bits per heavy atom. The number of alkyl halides is 11. The lowest BCUT2D eigenvalue weighted by molar-refractivity contribution is -0.397. The Balaban J connectivity index is 5.28. The van der Waals surface area contributed by atoms with Gasteiger partial charge in [-0.05, 0) is 6.92 Å². The lowest BCUT2D eigenvalue weighted by Gasteiger charge is -2.34. The van der Waals surface area contributed by atoms with E-state index >= 15 is 0 Å². The van der Waals surface area contributed by atoms with Crippen molar-refractivity contribution in [1.29, 1.82) is 0 Å². The molecule has 0 spiro atoms. The third-order valence-electron chi connectivity index (χ3n) is 2.09. The Kier molecular flexibility index (Phi) is 4.46. The van der Waals surface area contributed by atoms with Crippen LogP contribution in [0.5, 0.6) is 0 Å². The van der Waals surface area contributed by atoms with Crippen molar-refractivity contribution in [2.24, 2.45) is 0 Å². The van der Waals surface area contributed by atoms with Gasteiger partial charge >= 0.3 is 23.9 Å². The molecule has 0 aromatic rings. The topological polar surface area (TPSA) is 0 Å². The fourth-order valence-corrected chi connectivity index (χ4v) is 0.941. The van der Waals surface area contributed by atoms with Crippen LogP contribution in [0.2, 0.25) is 0 Å². The van der Waals surface area contributed by atoms with Crippen molar-refractivity contribution in [3.8, 4) is 0 Å². The predicted octanol–water partition coefficient (Wildman–Crippen LogP) is 4.89. The van der Waals surface area contributed by atoms with Crippen LogP contribution in [0.4, 0.5) is 48.3 Å². The molecule has 116 valence electrons. The molecule has 0 aromatic carbocycles. The first kappa shape index (κ1) is 18.2. The van der Waals surface area contributed by atoms with Crippen molar-refractivity contribution >= 4 is 0 Å². The van der Waals surface area contributed by atoms with Crippen LogP contribution in [0, 0.1) is 0 Å². The van der Waals surface area contributed by atoms with Gasteiger partial charge in [-0.2, -0.15) is 39.5 Å². The monoisotopic (exact) mass is 312 g/mol. The minimum Gasteiger partial charge on any atom is -0.207 e. The number of hydrogen-bond acceptors (Lipinski definition) is 0. The zero-order valence-corrected chi connectivity index (χ0v) is 9.07. The van der Waals surface area contributed by atoms with Crippen LogP contribution in [0.25, 0.3) is 0 Å². The summed E-state index contributed by atoms with van der Waals surface area (Å²) in [7, 11) is 0. The largest absolute Gasteiger partial charge is 0.460 e. The lowest BCUT2D eigenvalue weighted by Crippen LogP contribution is -2.60. The zero-order valence-electron chi connectivity index (χ0n) is 9.07. The van der Waals surface area contributed by atoms with Crippen molar-refractivity contribution in [1.82, 2.24) is 0 Å². The van der Waals surface area contributed by atoms with E-state index in [9.17, 15) is 48.3 Å². The van der Waals surface area contributed by atoms with E-state index in [1.54, 1.807) is 0 Å². The summed E-state index contributed by atoms with van der Waals surface area (Å²) in [6.45, 7) is 0.0309. The number of halogens is 11. The molecule has 0 aliphatic rings. The molecule has 0 aliphatic carbocycles. The molecular weight excluding hydrogens is 305 g/mol. The average molecular weight is 312 g/mol. The van der Waals surface area contributed by atoms with Gasteiger partial charge in [0.1, 0.15) is 0 Å². The molecule has 0 aromatic heterocycles. The van der Waals surface area contributed by atoms with Gasteiger partial charge in [0.2, 0.25) is 5.92 Å². The quantitative estimate of drug-likeness (QED) is 0.634. The highest BCUT2D eigenvalue weighted by Crippen LogP contribution is 2.54. The summed E-state index contributed by atoms with van der Waals surface area (Å²) in [5.74, 6) is -23.7. The fraction of sp³-hybridized carbons (Fsp3) is 1.00. The second kappa shape index (κ2) is 4.65. The van der Waals surface area contributed by atoms with Crippen LogP contribution in [0.15, 0.2) is 0 Å². The van der Waals surface area contributed by atoms with Crippen molar-refractivity contribution in [2.45, 2.75) is 49.6 Å². The van der Waals surface area contributed by atoms with E-state index in [2.05, 4.69) is 0 Å². The van der Waals surface area contributed by atoms with E-state index in [-0.39, 0.29) is 6.92 Å². The summed E-state index contributed by atoms with van der Waals surface area (Å²) in [5, 5.41) is 0. The van der Waals surface area contributed by atoms with Crippen molar-refractivity contribution in [2.75, 3.05) is 0 Å². The third kappa shape index (κ3) is 3.62. The SMILES string of the molecule is CC(F)(F)CCC(F)(F)C(F)(F)C(F)(F)C(F)(F)F. The van der Waals surface area contributed by atoms with Crippen LogP contribution in [-0.4, -0.2) is 29.9 Å². The molecule has 0 atom stereocenters. The highest BCUT2D eigenvalue weighted by atomic mass is 19.4. The third-order valence-corrected chi connectivity index (χ3v) is 2.09. The van der Waals surface area contributed by atoms with Gasteiger partial charge in [0, 0.05) is 12.8 Å². The second-order valence-electron chi connectivity index (χ2n) is 3.92. The van der Waals surface area contributed by atoms with Crippen LogP contribution in [-0.2, 0) is 0 Å². The van der Waals surface area contributed by atoms with E-state index in [4.69, 9.17) is 0 Å². The van der Waals surface area contributed by atoms with E-state index in [1.165, 1.54) is 0 Å². The molecule has 0 nitrogen and oxygen atoms in total. The fourth-order valence-electron chi connectivity index (χ4n) is 0.941.